The largest absolute Gasteiger partial charge is 0.444 e. The zero-order valence-electron chi connectivity index (χ0n) is 19.7. The van der Waals surface area contributed by atoms with E-state index in [1.165, 1.54) is 0 Å². The minimum atomic E-state index is -0.509. The van der Waals surface area contributed by atoms with E-state index in [2.05, 4.69) is 10.3 Å². The summed E-state index contributed by atoms with van der Waals surface area (Å²) >= 11 is 0. The summed E-state index contributed by atoms with van der Waals surface area (Å²) in [6.45, 7) is 17.0. The molecule has 0 aromatic carbocycles. The Morgan fingerprint density at radius 3 is 2.07 bits per heavy atom. The molecule has 0 aliphatic rings. The lowest BCUT2D eigenvalue weighted by atomic mass is 10.2. The predicted molar refractivity (Wildman–Crippen MR) is 130 cm³/mol. The van der Waals surface area contributed by atoms with Gasteiger partial charge in [-0.3, -0.25) is 9.79 Å². The zero-order chi connectivity index (χ0) is 21.9. The fourth-order valence-electron chi connectivity index (χ4n) is 2.61. The molecular weight excluding hydrogens is 485 g/mol. The van der Waals surface area contributed by atoms with Crippen LogP contribution in [0.3, 0.4) is 0 Å². The van der Waals surface area contributed by atoms with Crippen LogP contribution in [0.4, 0.5) is 4.79 Å². The number of halogens is 1. The molecule has 0 spiro atoms. The van der Waals surface area contributed by atoms with Gasteiger partial charge in [0.05, 0.1) is 6.54 Å². The SMILES string of the molecule is CCNC(=NCC(C)CN(C)C(=O)OC(C)(C)C)N(C)CC(=O)N(CC)CC.I. The Morgan fingerprint density at radius 2 is 1.62 bits per heavy atom. The lowest BCUT2D eigenvalue weighted by Gasteiger charge is -2.27. The number of guanidine groups is 1. The Kier molecular flexibility index (Phi) is 15.2. The first-order chi connectivity index (χ1) is 12.9. The Bertz CT molecular complexity index is 519. The monoisotopic (exact) mass is 527 g/mol. The van der Waals surface area contributed by atoms with Gasteiger partial charge in [0.1, 0.15) is 5.60 Å². The quantitative estimate of drug-likeness (QED) is 0.284. The molecule has 0 aliphatic heterocycles. The molecule has 0 saturated heterocycles. The van der Waals surface area contributed by atoms with Gasteiger partial charge in [-0.1, -0.05) is 6.92 Å². The lowest BCUT2D eigenvalue weighted by Crippen LogP contribution is -2.46. The van der Waals surface area contributed by atoms with Gasteiger partial charge >= 0.3 is 6.09 Å². The fourth-order valence-corrected chi connectivity index (χ4v) is 2.61. The summed E-state index contributed by atoms with van der Waals surface area (Å²) in [7, 11) is 3.59. The number of carbonyl (C=O) groups is 2. The molecule has 0 aliphatic carbocycles. The van der Waals surface area contributed by atoms with Crippen LogP contribution in [0.2, 0.25) is 0 Å². The van der Waals surface area contributed by atoms with E-state index in [1.807, 2.05) is 60.4 Å². The van der Waals surface area contributed by atoms with E-state index >= 15 is 0 Å². The molecule has 2 amide bonds. The molecule has 1 unspecified atom stereocenters. The summed E-state index contributed by atoms with van der Waals surface area (Å²) in [5.41, 5.74) is -0.509. The number of nitrogens with one attached hydrogen (secondary N) is 1. The highest BCUT2D eigenvalue weighted by Crippen LogP contribution is 2.10. The van der Waals surface area contributed by atoms with Crippen molar-refractivity contribution in [2.45, 2.75) is 54.1 Å². The normalized spacial score (nSPS) is 12.5. The van der Waals surface area contributed by atoms with Gasteiger partial charge in [0.25, 0.3) is 0 Å². The first-order valence-electron chi connectivity index (χ1n) is 10.2. The van der Waals surface area contributed by atoms with Crippen LogP contribution in [-0.4, -0.2) is 91.6 Å². The van der Waals surface area contributed by atoms with E-state index in [0.29, 0.717) is 32.1 Å². The molecule has 0 aromatic heterocycles. The summed E-state index contributed by atoms with van der Waals surface area (Å²) in [4.78, 5) is 34.3. The average Bonchev–Trinajstić information content (AvgIpc) is 2.57. The van der Waals surface area contributed by atoms with Crippen molar-refractivity contribution in [3.05, 3.63) is 0 Å². The Labute approximate surface area is 194 Å². The second kappa shape index (κ2) is 14.7. The highest BCUT2D eigenvalue weighted by Gasteiger charge is 2.21. The summed E-state index contributed by atoms with van der Waals surface area (Å²) < 4.78 is 5.38. The topological polar surface area (TPSA) is 77.5 Å². The molecule has 0 aromatic rings. The van der Waals surface area contributed by atoms with Gasteiger partial charge < -0.3 is 24.8 Å². The minimum Gasteiger partial charge on any atom is -0.444 e. The van der Waals surface area contributed by atoms with E-state index < -0.39 is 5.60 Å². The Balaban J connectivity index is 0. The summed E-state index contributed by atoms with van der Waals surface area (Å²) in [5.74, 6) is 0.920. The molecule has 0 heterocycles. The van der Waals surface area contributed by atoms with E-state index in [-0.39, 0.29) is 48.4 Å². The number of carbonyl (C=O) groups excluding carboxylic acids is 2. The first kappa shape index (κ1) is 29.9. The number of hydrogen-bond acceptors (Lipinski definition) is 4. The van der Waals surface area contributed by atoms with Crippen LogP contribution in [0, 0.1) is 5.92 Å². The third-order valence-electron chi connectivity index (χ3n) is 4.03. The maximum atomic E-state index is 12.3. The Morgan fingerprint density at radius 1 is 1.07 bits per heavy atom. The van der Waals surface area contributed by atoms with Gasteiger partial charge in [0.2, 0.25) is 5.91 Å². The standard InChI is InChI=1S/C20H41N5O3.HI/c1-10-21-18(23(8)15-17(26)25(11-2)12-3)22-13-16(4)14-24(9)19(27)28-20(5,6)7;/h16H,10-15H2,1-9H3,(H,21,22);1H. The molecular formula is C20H42IN5O3. The van der Waals surface area contributed by atoms with Crippen LogP contribution in [0.5, 0.6) is 0 Å². The summed E-state index contributed by atoms with van der Waals surface area (Å²) in [5, 5.41) is 3.23. The lowest BCUT2D eigenvalue weighted by molar-refractivity contribution is -0.131. The molecule has 0 rings (SSSR count). The molecule has 8 nitrogen and oxygen atoms in total. The van der Waals surface area contributed by atoms with Gasteiger partial charge in [-0.25, -0.2) is 4.79 Å². The van der Waals surface area contributed by atoms with Crippen LogP contribution in [0.1, 0.15) is 48.5 Å². The van der Waals surface area contributed by atoms with E-state index in [4.69, 9.17) is 4.74 Å². The number of nitrogens with zero attached hydrogens (tertiary/aromatic N) is 4. The highest BCUT2D eigenvalue weighted by molar-refractivity contribution is 14.0. The third kappa shape index (κ3) is 12.8. The average molecular weight is 527 g/mol. The maximum Gasteiger partial charge on any atom is 0.410 e. The van der Waals surface area contributed by atoms with Crippen molar-refractivity contribution >= 4 is 41.9 Å². The second-order valence-electron chi connectivity index (χ2n) is 8.08. The number of hydrogen-bond donors (Lipinski definition) is 1. The van der Waals surface area contributed by atoms with Crippen LogP contribution >= 0.6 is 24.0 Å². The van der Waals surface area contributed by atoms with Crippen molar-refractivity contribution in [2.75, 3.05) is 53.4 Å². The van der Waals surface area contributed by atoms with Gasteiger partial charge in [-0.05, 0) is 47.5 Å². The van der Waals surface area contributed by atoms with Crippen molar-refractivity contribution < 1.29 is 14.3 Å². The molecule has 0 radical (unpaired) electrons. The van der Waals surface area contributed by atoms with Crippen LogP contribution in [0.25, 0.3) is 0 Å². The minimum absolute atomic E-state index is 0. The zero-order valence-corrected chi connectivity index (χ0v) is 22.1. The van der Waals surface area contributed by atoms with Crippen molar-refractivity contribution in [1.29, 1.82) is 0 Å². The summed E-state index contributed by atoms with van der Waals surface area (Å²) in [6.07, 6.45) is -0.336. The van der Waals surface area contributed by atoms with E-state index in [9.17, 15) is 9.59 Å². The smallest absolute Gasteiger partial charge is 0.410 e. The number of aliphatic imine (C=N–C) groups is 1. The Hall–Kier alpha value is -1.26. The van der Waals surface area contributed by atoms with E-state index in [1.54, 1.807) is 16.8 Å². The van der Waals surface area contributed by atoms with Gasteiger partial charge in [-0.2, -0.15) is 0 Å². The molecule has 0 bridgehead atoms. The van der Waals surface area contributed by atoms with Crippen molar-refractivity contribution in [2.24, 2.45) is 10.9 Å². The van der Waals surface area contributed by atoms with Gasteiger partial charge in [0.15, 0.2) is 5.96 Å². The van der Waals surface area contributed by atoms with Gasteiger partial charge in [0, 0.05) is 46.8 Å². The summed E-state index contributed by atoms with van der Waals surface area (Å²) in [6, 6.07) is 0. The second-order valence-corrected chi connectivity index (χ2v) is 8.08. The van der Waals surface area contributed by atoms with E-state index in [0.717, 1.165) is 6.54 Å². The number of likely N-dealkylation sites (N-methyl/N-ethyl adjacent to an activating group) is 2. The molecule has 9 heteroatoms. The number of amides is 2. The van der Waals surface area contributed by atoms with Crippen LogP contribution in [-0.2, 0) is 9.53 Å². The van der Waals surface area contributed by atoms with Crippen LogP contribution < -0.4 is 5.32 Å². The van der Waals surface area contributed by atoms with Gasteiger partial charge in [-0.15, -0.1) is 24.0 Å². The molecule has 0 saturated carbocycles. The first-order valence-corrected chi connectivity index (χ1v) is 10.2. The molecule has 29 heavy (non-hydrogen) atoms. The van der Waals surface area contributed by atoms with Crippen molar-refractivity contribution in [3.63, 3.8) is 0 Å². The van der Waals surface area contributed by atoms with Crippen molar-refractivity contribution in [3.8, 4) is 0 Å². The molecule has 172 valence electrons. The number of rotatable bonds is 9. The number of ether oxygens (including phenoxy) is 1. The predicted octanol–water partition coefficient (Wildman–Crippen LogP) is 2.87. The van der Waals surface area contributed by atoms with Crippen LogP contribution in [0.15, 0.2) is 4.99 Å². The molecule has 1 N–H and O–H groups in total. The fraction of sp³-hybridized carbons (Fsp3) is 0.850. The van der Waals surface area contributed by atoms with Crippen molar-refractivity contribution in [1.82, 2.24) is 20.0 Å². The third-order valence-corrected chi connectivity index (χ3v) is 4.03. The maximum absolute atomic E-state index is 12.3. The molecule has 0 fully saturated rings. The highest BCUT2D eigenvalue weighted by atomic mass is 127. The molecule has 1 atom stereocenters.